The van der Waals surface area contributed by atoms with Crippen LogP contribution < -0.4 is 15.4 Å². The van der Waals surface area contributed by atoms with E-state index in [9.17, 15) is 18.3 Å². The lowest BCUT2D eigenvalue weighted by Crippen LogP contribution is -2.23. The first-order chi connectivity index (χ1) is 14.7. The van der Waals surface area contributed by atoms with E-state index in [2.05, 4.69) is 25.6 Å². The van der Waals surface area contributed by atoms with Crippen molar-refractivity contribution in [2.45, 2.75) is 45.3 Å². The number of hydrogen-bond donors (Lipinski definition) is 3. The van der Waals surface area contributed by atoms with E-state index in [-0.39, 0.29) is 29.7 Å². The Balaban J connectivity index is 1.98. The number of hydrogen-bond acceptors (Lipinski definition) is 7. The molecule has 3 rings (SSSR count). The molecule has 1 fully saturated rings. The molecule has 170 valence electrons. The third kappa shape index (κ3) is 6.10. The van der Waals surface area contributed by atoms with Crippen LogP contribution in [-0.4, -0.2) is 52.0 Å². The summed E-state index contributed by atoms with van der Waals surface area (Å²) >= 11 is 6.42. The van der Waals surface area contributed by atoms with Crippen LogP contribution in [0.3, 0.4) is 0 Å². The number of aromatic nitrogens is 3. The molecule has 0 radical (unpaired) electrons. The van der Waals surface area contributed by atoms with Crippen LogP contribution in [0.5, 0.6) is 5.88 Å². The zero-order chi connectivity index (χ0) is 22.6. The van der Waals surface area contributed by atoms with Gasteiger partial charge < -0.3 is 20.5 Å². The maximum absolute atomic E-state index is 12.6. The van der Waals surface area contributed by atoms with Gasteiger partial charge in [0.2, 0.25) is 11.8 Å². The van der Waals surface area contributed by atoms with E-state index in [4.69, 9.17) is 16.3 Å². The third-order valence-corrected chi connectivity index (χ3v) is 5.35. The van der Waals surface area contributed by atoms with Crippen LogP contribution in [0.25, 0.3) is 11.1 Å². The zero-order valence-electron chi connectivity index (χ0n) is 17.3. The summed E-state index contributed by atoms with van der Waals surface area (Å²) in [6.45, 7) is 2.92. The van der Waals surface area contributed by atoms with E-state index in [0.717, 1.165) is 19.3 Å². The summed E-state index contributed by atoms with van der Waals surface area (Å²) in [5, 5.41) is 14.9. The lowest BCUT2D eigenvalue weighted by molar-refractivity contribution is -0.115. The van der Waals surface area contributed by atoms with Crippen molar-refractivity contribution >= 4 is 23.4 Å². The molecule has 2 atom stereocenters. The SMILES string of the molecule is CCOc1ccc(-c2c(Cl)nc(NCC(F)(F)F)nc2N[C@H]2CC[C@@H](CO)C2)c(C)n1. The molecule has 1 aliphatic rings. The number of nitrogens with zero attached hydrogens (tertiary/aromatic N) is 3. The molecule has 11 heteroatoms. The van der Waals surface area contributed by atoms with Crippen molar-refractivity contribution in [1.82, 2.24) is 15.0 Å². The summed E-state index contributed by atoms with van der Waals surface area (Å²) in [5.41, 5.74) is 1.73. The van der Waals surface area contributed by atoms with Crippen molar-refractivity contribution in [3.63, 3.8) is 0 Å². The Labute approximate surface area is 183 Å². The Morgan fingerprint density at radius 1 is 1.23 bits per heavy atom. The van der Waals surface area contributed by atoms with E-state index in [1.54, 1.807) is 19.1 Å². The minimum atomic E-state index is -4.42. The molecule has 3 N–H and O–H groups in total. The van der Waals surface area contributed by atoms with Crippen LogP contribution in [0.2, 0.25) is 5.15 Å². The highest BCUT2D eigenvalue weighted by Gasteiger charge is 2.29. The van der Waals surface area contributed by atoms with Crippen LogP contribution in [0.1, 0.15) is 31.9 Å². The average Bonchev–Trinajstić information content (AvgIpc) is 3.15. The molecule has 0 aromatic carbocycles. The second kappa shape index (κ2) is 9.86. The highest BCUT2D eigenvalue weighted by atomic mass is 35.5. The Morgan fingerprint density at radius 3 is 2.61 bits per heavy atom. The van der Waals surface area contributed by atoms with Crippen LogP contribution in [0.15, 0.2) is 12.1 Å². The van der Waals surface area contributed by atoms with Crippen molar-refractivity contribution in [2.24, 2.45) is 5.92 Å². The molecule has 2 heterocycles. The molecule has 0 unspecified atom stereocenters. The first-order valence-corrected chi connectivity index (χ1v) is 10.4. The minimum absolute atomic E-state index is 0.00735. The zero-order valence-corrected chi connectivity index (χ0v) is 18.0. The van der Waals surface area contributed by atoms with Crippen molar-refractivity contribution < 1.29 is 23.0 Å². The molecule has 0 bridgehead atoms. The van der Waals surface area contributed by atoms with Crippen molar-refractivity contribution in [2.75, 3.05) is 30.4 Å². The van der Waals surface area contributed by atoms with Gasteiger partial charge in [0.05, 0.1) is 12.2 Å². The molecule has 0 amide bonds. The number of pyridine rings is 1. The summed E-state index contributed by atoms with van der Waals surface area (Å²) in [5.74, 6) is 0.736. The summed E-state index contributed by atoms with van der Waals surface area (Å²) in [6.07, 6.45) is -2.04. The molecule has 2 aromatic rings. The fraction of sp³-hybridized carbons (Fsp3) is 0.550. The largest absolute Gasteiger partial charge is 0.478 e. The molecular formula is C20H25ClF3N5O2. The second-order valence-electron chi connectivity index (χ2n) is 7.45. The van der Waals surface area contributed by atoms with E-state index in [1.807, 2.05) is 6.92 Å². The van der Waals surface area contributed by atoms with Crippen LogP contribution in [0, 0.1) is 12.8 Å². The second-order valence-corrected chi connectivity index (χ2v) is 7.81. The molecule has 0 saturated heterocycles. The first kappa shape index (κ1) is 23.3. The Hall–Kier alpha value is -2.33. The molecule has 1 saturated carbocycles. The molecule has 0 spiro atoms. The fourth-order valence-corrected chi connectivity index (χ4v) is 3.90. The van der Waals surface area contributed by atoms with Crippen LogP contribution >= 0.6 is 11.6 Å². The lowest BCUT2D eigenvalue weighted by Gasteiger charge is -2.20. The first-order valence-electron chi connectivity index (χ1n) is 10.1. The van der Waals surface area contributed by atoms with Gasteiger partial charge in [-0.05, 0) is 45.1 Å². The number of anilines is 2. The highest BCUT2D eigenvalue weighted by molar-refractivity contribution is 6.32. The Bertz CT molecular complexity index is 913. The number of aliphatic hydroxyl groups is 1. The quantitative estimate of drug-likeness (QED) is 0.502. The number of aliphatic hydroxyl groups excluding tert-OH is 1. The maximum atomic E-state index is 12.6. The van der Waals surface area contributed by atoms with Gasteiger partial charge in [0, 0.05) is 30.0 Å². The van der Waals surface area contributed by atoms with Crippen molar-refractivity contribution in [3.8, 4) is 17.0 Å². The van der Waals surface area contributed by atoms with Gasteiger partial charge in [-0.25, -0.2) is 9.97 Å². The molecular weight excluding hydrogens is 435 g/mol. The number of aryl methyl sites for hydroxylation is 1. The van der Waals surface area contributed by atoms with E-state index in [0.29, 0.717) is 35.1 Å². The van der Waals surface area contributed by atoms with E-state index >= 15 is 0 Å². The van der Waals surface area contributed by atoms with Crippen LogP contribution in [-0.2, 0) is 0 Å². The predicted molar refractivity (Wildman–Crippen MR) is 113 cm³/mol. The summed E-state index contributed by atoms with van der Waals surface area (Å²) in [7, 11) is 0. The number of ether oxygens (including phenoxy) is 1. The standard InChI is InChI=1S/C20H25ClF3N5O2/c1-3-31-15-7-6-14(11(2)26-15)16-17(21)28-19(25-10-20(22,23)24)29-18(16)27-13-5-4-12(8-13)9-30/h6-7,12-13,30H,3-5,8-10H2,1-2H3,(H2,25,27,28,29)/t12-,13+/m1/s1. The fourth-order valence-electron chi connectivity index (χ4n) is 3.63. The van der Waals surface area contributed by atoms with Gasteiger partial charge in [-0.15, -0.1) is 0 Å². The van der Waals surface area contributed by atoms with Gasteiger partial charge in [0.1, 0.15) is 17.5 Å². The van der Waals surface area contributed by atoms with Crippen molar-refractivity contribution in [1.29, 1.82) is 0 Å². The van der Waals surface area contributed by atoms with Crippen LogP contribution in [0.4, 0.5) is 24.9 Å². The topological polar surface area (TPSA) is 92.2 Å². The summed E-state index contributed by atoms with van der Waals surface area (Å²) in [6, 6.07) is 3.48. The molecule has 7 nitrogen and oxygen atoms in total. The van der Waals surface area contributed by atoms with E-state index < -0.39 is 12.7 Å². The smallest absolute Gasteiger partial charge is 0.405 e. The van der Waals surface area contributed by atoms with Gasteiger partial charge in [-0.2, -0.15) is 18.2 Å². The maximum Gasteiger partial charge on any atom is 0.405 e. The third-order valence-electron chi connectivity index (χ3n) is 5.07. The Kier molecular flexibility index (Phi) is 7.42. The molecule has 0 aliphatic heterocycles. The van der Waals surface area contributed by atoms with E-state index in [1.165, 1.54) is 0 Å². The minimum Gasteiger partial charge on any atom is -0.478 e. The van der Waals surface area contributed by atoms with Gasteiger partial charge in [-0.1, -0.05) is 11.6 Å². The monoisotopic (exact) mass is 459 g/mol. The average molecular weight is 460 g/mol. The normalized spacial score (nSPS) is 18.8. The Morgan fingerprint density at radius 2 is 2.00 bits per heavy atom. The van der Waals surface area contributed by atoms with Gasteiger partial charge >= 0.3 is 6.18 Å². The van der Waals surface area contributed by atoms with Gasteiger partial charge in [0.15, 0.2) is 0 Å². The summed E-state index contributed by atoms with van der Waals surface area (Å²) < 4.78 is 43.3. The predicted octanol–water partition coefficient (Wildman–Crippen LogP) is 4.45. The van der Waals surface area contributed by atoms with Gasteiger partial charge in [-0.3, -0.25) is 0 Å². The highest BCUT2D eigenvalue weighted by Crippen LogP contribution is 2.38. The summed E-state index contributed by atoms with van der Waals surface area (Å²) in [4.78, 5) is 12.7. The molecule has 2 aromatic heterocycles. The lowest BCUT2D eigenvalue weighted by atomic mass is 10.1. The van der Waals surface area contributed by atoms with Gasteiger partial charge in [0.25, 0.3) is 0 Å². The number of rotatable bonds is 8. The number of nitrogens with one attached hydrogen (secondary N) is 2. The molecule has 31 heavy (non-hydrogen) atoms. The van der Waals surface area contributed by atoms with Crippen molar-refractivity contribution in [3.05, 3.63) is 23.0 Å². The number of halogens is 4. The number of alkyl halides is 3. The molecule has 1 aliphatic carbocycles.